The number of piperidine rings is 1. The summed E-state index contributed by atoms with van der Waals surface area (Å²) in [6, 6.07) is 1.95. The Hall–Kier alpha value is -1.69. The maximum atomic E-state index is 12.1. The zero-order valence-corrected chi connectivity index (χ0v) is 12.8. The number of aliphatic hydroxyl groups excluding tert-OH is 1. The summed E-state index contributed by atoms with van der Waals surface area (Å²) >= 11 is 0. The zero-order chi connectivity index (χ0) is 15.2. The molecule has 1 aliphatic heterocycles. The van der Waals surface area contributed by atoms with Crippen molar-refractivity contribution in [3.63, 3.8) is 0 Å². The van der Waals surface area contributed by atoms with E-state index in [9.17, 15) is 4.79 Å². The topological polar surface area (TPSA) is 78.4 Å². The van der Waals surface area contributed by atoms with Crippen molar-refractivity contribution >= 4 is 11.9 Å². The molecule has 0 aliphatic carbocycles. The third-order valence-electron chi connectivity index (χ3n) is 3.68. The molecule has 0 bridgehead atoms. The van der Waals surface area contributed by atoms with E-state index in [2.05, 4.69) is 20.2 Å². The van der Waals surface area contributed by atoms with Gasteiger partial charge in [0, 0.05) is 37.6 Å². The van der Waals surface area contributed by atoms with Crippen LogP contribution in [0, 0.1) is 19.8 Å². The summed E-state index contributed by atoms with van der Waals surface area (Å²) in [6.45, 7) is 6.11. The molecule has 21 heavy (non-hydrogen) atoms. The zero-order valence-electron chi connectivity index (χ0n) is 12.8. The molecular formula is C15H24N4O2. The minimum atomic E-state index is -0.0261. The van der Waals surface area contributed by atoms with Crippen molar-refractivity contribution in [2.45, 2.75) is 33.1 Å². The van der Waals surface area contributed by atoms with E-state index in [1.54, 1.807) is 0 Å². The van der Waals surface area contributed by atoms with E-state index in [1.807, 2.05) is 19.9 Å². The van der Waals surface area contributed by atoms with Crippen molar-refractivity contribution in [1.29, 1.82) is 0 Å². The van der Waals surface area contributed by atoms with Crippen molar-refractivity contribution in [3.05, 3.63) is 17.5 Å². The van der Waals surface area contributed by atoms with Crippen LogP contribution in [0.1, 0.15) is 30.7 Å². The van der Waals surface area contributed by atoms with Gasteiger partial charge in [-0.2, -0.15) is 0 Å². The normalized spacial score (nSPS) is 18.6. The number of hydrogen-bond acceptors (Lipinski definition) is 5. The number of amides is 1. The van der Waals surface area contributed by atoms with Gasteiger partial charge in [-0.1, -0.05) is 0 Å². The van der Waals surface area contributed by atoms with Crippen molar-refractivity contribution in [3.8, 4) is 0 Å². The molecule has 1 saturated heterocycles. The number of nitrogens with zero attached hydrogens (tertiary/aromatic N) is 3. The average molecular weight is 292 g/mol. The highest BCUT2D eigenvalue weighted by molar-refractivity contribution is 5.79. The highest BCUT2D eigenvalue weighted by atomic mass is 16.3. The summed E-state index contributed by atoms with van der Waals surface area (Å²) in [6.07, 6.45) is 2.46. The Labute approximate surface area is 125 Å². The Morgan fingerprint density at radius 1 is 1.43 bits per heavy atom. The largest absolute Gasteiger partial charge is 0.396 e. The second-order valence-electron chi connectivity index (χ2n) is 5.60. The molecule has 1 aliphatic rings. The molecule has 2 heterocycles. The van der Waals surface area contributed by atoms with Crippen molar-refractivity contribution in [1.82, 2.24) is 15.3 Å². The summed E-state index contributed by atoms with van der Waals surface area (Å²) in [5.74, 6) is 0.764. The SMILES string of the molecule is Cc1cc(C)nc(N2CCCC(C(=O)NCCCO)C2)n1. The molecule has 0 aromatic carbocycles. The lowest BCUT2D eigenvalue weighted by molar-refractivity contribution is -0.125. The molecule has 0 radical (unpaired) electrons. The van der Waals surface area contributed by atoms with Crippen molar-refractivity contribution in [2.75, 3.05) is 31.1 Å². The van der Waals surface area contributed by atoms with E-state index < -0.39 is 0 Å². The van der Waals surface area contributed by atoms with Crippen LogP contribution >= 0.6 is 0 Å². The van der Waals surface area contributed by atoms with Crippen LogP contribution in [-0.2, 0) is 4.79 Å². The minimum Gasteiger partial charge on any atom is -0.396 e. The number of carbonyl (C=O) groups excluding carboxylic acids is 1. The van der Waals surface area contributed by atoms with E-state index in [4.69, 9.17) is 5.11 Å². The molecule has 2 N–H and O–H groups in total. The smallest absolute Gasteiger partial charge is 0.225 e. The third-order valence-corrected chi connectivity index (χ3v) is 3.68. The lowest BCUT2D eigenvalue weighted by Gasteiger charge is -2.32. The number of aromatic nitrogens is 2. The summed E-state index contributed by atoms with van der Waals surface area (Å²) in [5.41, 5.74) is 1.90. The number of carbonyl (C=O) groups is 1. The van der Waals surface area contributed by atoms with Gasteiger partial charge >= 0.3 is 0 Å². The van der Waals surface area contributed by atoms with Gasteiger partial charge in [-0.05, 0) is 39.2 Å². The first kappa shape index (κ1) is 15.7. The van der Waals surface area contributed by atoms with Crippen LogP contribution in [0.25, 0.3) is 0 Å². The van der Waals surface area contributed by atoms with Crippen LogP contribution in [0.15, 0.2) is 6.07 Å². The summed E-state index contributed by atoms with van der Waals surface area (Å²) in [7, 11) is 0. The van der Waals surface area contributed by atoms with Crippen molar-refractivity contribution < 1.29 is 9.90 Å². The summed E-state index contributed by atoms with van der Waals surface area (Å²) in [4.78, 5) is 23.2. The van der Waals surface area contributed by atoms with Gasteiger partial charge in [0.25, 0.3) is 0 Å². The van der Waals surface area contributed by atoms with E-state index in [-0.39, 0.29) is 18.4 Å². The summed E-state index contributed by atoms with van der Waals surface area (Å²) in [5, 5.41) is 11.6. The Bertz CT molecular complexity index is 472. The molecule has 0 saturated carbocycles. The van der Waals surface area contributed by atoms with E-state index in [1.165, 1.54) is 0 Å². The summed E-state index contributed by atoms with van der Waals surface area (Å²) < 4.78 is 0. The molecular weight excluding hydrogens is 268 g/mol. The molecule has 6 nitrogen and oxygen atoms in total. The van der Waals surface area contributed by atoms with Gasteiger partial charge in [-0.25, -0.2) is 9.97 Å². The van der Waals surface area contributed by atoms with Crippen LogP contribution in [0.5, 0.6) is 0 Å². The van der Waals surface area contributed by atoms with Gasteiger partial charge in [0.05, 0.1) is 5.92 Å². The number of nitrogens with one attached hydrogen (secondary N) is 1. The van der Waals surface area contributed by atoms with Crippen LogP contribution in [0.2, 0.25) is 0 Å². The van der Waals surface area contributed by atoms with Gasteiger partial charge in [0.15, 0.2) is 0 Å². The van der Waals surface area contributed by atoms with Gasteiger partial charge in [0.2, 0.25) is 11.9 Å². The number of rotatable bonds is 5. The standard InChI is InChI=1S/C15H24N4O2/c1-11-9-12(2)18-15(17-11)19-7-3-5-13(10-19)14(21)16-6-4-8-20/h9,13,20H,3-8,10H2,1-2H3,(H,16,21). The monoisotopic (exact) mass is 292 g/mol. The van der Waals surface area contributed by atoms with E-state index in [0.717, 1.165) is 36.7 Å². The maximum Gasteiger partial charge on any atom is 0.225 e. The van der Waals surface area contributed by atoms with Gasteiger partial charge < -0.3 is 15.3 Å². The number of aryl methyl sites for hydroxylation is 2. The molecule has 1 atom stereocenters. The first-order valence-corrected chi connectivity index (χ1v) is 7.56. The van der Waals surface area contributed by atoms with Crippen LogP contribution in [0.4, 0.5) is 5.95 Å². The van der Waals surface area contributed by atoms with Crippen LogP contribution < -0.4 is 10.2 Å². The number of hydrogen-bond donors (Lipinski definition) is 2. The first-order valence-electron chi connectivity index (χ1n) is 7.56. The first-order chi connectivity index (χ1) is 10.1. The fraction of sp³-hybridized carbons (Fsp3) is 0.667. The van der Waals surface area contributed by atoms with Gasteiger partial charge in [0.1, 0.15) is 0 Å². The second-order valence-corrected chi connectivity index (χ2v) is 5.60. The Morgan fingerprint density at radius 3 is 2.81 bits per heavy atom. The quantitative estimate of drug-likeness (QED) is 0.785. The Balaban J connectivity index is 1.98. The van der Waals surface area contributed by atoms with Crippen LogP contribution in [0.3, 0.4) is 0 Å². The predicted molar refractivity (Wildman–Crippen MR) is 81.2 cm³/mol. The molecule has 1 amide bonds. The molecule has 1 aromatic heterocycles. The molecule has 2 rings (SSSR count). The fourth-order valence-electron chi connectivity index (χ4n) is 2.66. The highest BCUT2D eigenvalue weighted by Gasteiger charge is 2.27. The second kappa shape index (κ2) is 7.36. The number of aliphatic hydroxyl groups is 1. The Kier molecular flexibility index (Phi) is 5.50. The molecule has 0 spiro atoms. The Morgan fingerprint density at radius 2 is 2.14 bits per heavy atom. The van der Waals surface area contributed by atoms with Gasteiger partial charge in [-0.15, -0.1) is 0 Å². The van der Waals surface area contributed by atoms with E-state index >= 15 is 0 Å². The maximum absolute atomic E-state index is 12.1. The lowest BCUT2D eigenvalue weighted by atomic mass is 9.97. The molecule has 1 fully saturated rings. The molecule has 116 valence electrons. The van der Waals surface area contributed by atoms with Gasteiger partial charge in [-0.3, -0.25) is 4.79 Å². The number of anilines is 1. The molecule has 6 heteroatoms. The fourth-order valence-corrected chi connectivity index (χ4v) is 2.66. The average Bonchev–Trinajstić information content (AvgIpc) is 2.46. The predicted octanol–water partition coefficient (Wildman–Crippen LogP) is 0.808. The van der Waals surface area contributed by atoms with Crippen LogP contribution in [-0.4, -0.2) is 47.2 Å². The molecule has 1 unspecified atom stereocenters. The lowest BCUT2D eigenvalue weighted by Crippen LogP contribution is -2.44. The van der Waals surface area contributed by atoms with E-state index in [0.29, 0.717) is 19.5 Å². The highest BCUT2D eigenvalue weighted by Crippen LogP contribution is 2.21. The third kappa shape index (κ3) is 4.39. The minimum absolute atomic E-state index is 0.0261. The molecule has 1 aromatic rings. The van der Waals surface area contributed by atoms with Crippen molar-refractivity contribution in [2.24, 2.45) is 5.92 Å².